The molecule has 0 aromatic heterocycles. The molecule has 4 heteroatoms. The van der Waals surface area contributed by atoms with Crippen LogP contribution in [-0.4, -0.2) is 18.5 Å². The molecule has 0 radical (unpaired) electrons. The van der Waals surface area contributed by atoms with E-state index in [0.29, 0.717) is 12.4 Å². The molecule has 2 N–H and O–H groups in total. The van der Waals surface area contributed by atoms with Crippen LogP contribution in [0.3, 0.4) is 0 Å². The molecule has 0 bridgehead atoms. The molecular weight excluding hydrogens is 260 g/mol. The maximum absolute atomic E-state index is 11.6. The van der Waals surface area contributed by atoms with E-state index in [9.17, 15) is 4.79 Å². The summed E-state index contributed by atoms with van der Waals surface area (Å²) in [7, 11) is 0. The van der Waals surface area contributed by atoms with E-state index in [2.05, 4.69) is 28.8 Å². The number of rotatable bonds is 4. The van der Waals surface area contributed by atoms with Crippen LogP contribution in [0.2, 0.25) is 0 Å². The monoisotopic (exact) mass is 276 g/mol. The maximum Gasteiger partial charge on any atom is 0.315 e. The van der Waals surface area contributed by atoms with E-state index < -0.39 is 0 Å². The molecule has 0 saturated carbocycles. The van der Waals surface area contributed by atoms with Crippen molar-refractivity contribution in [3.8, 4) is 0 Å². The van der Waals surface area contributed by atoms with Crippen molar-refractivity contribution in [1.82, 2.24) is 10.6 Å². The molecule has 19 heavy (non-hydrogen) atoms. The van der Waals surface area contributed by atoms with Gasteiger partial charge in [0.2, 0.25) is 0 Å². The molecule has 3 nitrogen and oxygen atoms in total. The summed E-state index contributed by atoms with van der Waals surface area (Å²) in [5.41, 5.74) is 1.11. The molecule has 0 unspecified atom stereocenters. The van der Waals surface area contributed by atoms with Gasteiger partial charge in [-0.1, -0.05) is 42.5 Å². The molecule has 2 amide bonds. The smallest absolute Gasteiger partial charge is 0.315 e. The summed E-state index contributed by atoms with van der Waals surface area (Å²) in [6.45, 7) is 2.44. The van der Waals surface area contributed by atoms with Crippen LogP contribution >= 0.6 is 11.6 Å². The van der Waals surface area contributed by atoms with Crippen LogP contribution < -0.4 is 10.6 Å². The van der Waals surface area contributed by atoms with Gasteiger partial charge < -0.3 is 10.6 Å². The number of carbonyl (C=O) groups excluding carboxylic acids is 1. The van der Waals surface area contributed by atoms with Gasteiger partial charge in [0.1, 0.15) is 0 Å². The Balaban J connectivity index is 2.17. The molecule has 2 rings (SSSR count). The number of hydrogen-bond donors (Lipinski definition) is 2. The van der Waals surface area contributed by atoms with Gasteiger partial charge in [0, 0.05) is 12.4 Å². The van der Waals surface area contributed by atoms with Gasteiger partial charge >= 0.3 is 6.03 Å². The second-order valence-corrected chi connectivity index (χ2v) is 4.76. The zero-order valence-electron chi connectivity index (χ0n) is 10.8. The summed E-state index contributed by atoms with van der Waals surface area (Å²) in [5, 5.41) is 7.95. The normalized spacial score (nSPS) is 12.1. The van der Waals surface area contributed by atoms with Crippen LogP contribution in [0, 0.1) is 0 Å². The van der Waals surface area contributed by atoms with Crippen LogP contribution in [0.25, 0.3) is 10.8 Å². The third kappa shape index (κ3) is 3.38. The van der Waals surface area contributed by atoms with Gasteiger partial charge in [0.25, 0.3) is 0 Å². The van der Waals surface area contributed by atoms with E-state index >= 15 is 0 Å². The summed E-state index contributed by atoms with van der Waals surface area (Å²) in [4.78, 5) is 11.6. The lowest BCUT2D eigenvalue weighted by Crippen LogP contribution is -2.37. The molecular formula is C15H17ClN2O. The predicted molar refractivity (Wildman–Crippen MR) is 79.6 cm³/mol. The highest BCUT2D eigenvalue weighted by Gasteiger charge is 2.11. The van der Waals surface area contributed by atoms with Crippen molar-refractivity contribution in [1.29, 1.82) is 0 Å². The largest absolute Gasteiger partial charge is 0.337 e. The van der Waals surface area contributed by atoms with Crippen molar-refractivity contribution in [3.63, 3.8) is 0 Å². The second kappa shape index (κ2) is 6.43. The Kier molecular flexibility index (Phi) is 4.63. The van der Waals surface area contributed by atoms with Crippen molar-refractivity contribution in [2.24, 2.45) is 0 Å². The van der Waals surface area contributed by atoms with Crippen LogP contribution in [0.1, 0.15) is 18.5 Å². The first-order chi connectivity index (χ1) is 9.22. The topological polar surface area (TPSA) is 41.1 Å². The van der Waals surface area contributed by atoms with Crippen molar-refractivity contribution in [3.05, 3.63) is 48.0 Å². The summed E-state index contributed by atoms with van der Waals surface area (Å²) in [6.07, 6.45) is 0. The van der Waals surface area contributed by atoms with Gasteiger partial charge in [-0.25, -0.2) is 4.79 Å². The SMILES string of the molecule is C[C@H](NC(=O)NCCCl)c1cccc2ccccc12. The quantitative estimate of drug-likeness (QED) is 0.825. The third-order valence-electron chi connectivity index (χ3n) is 3.02. The third-order valence-corrected chi connectivity index (χ3v) is 3.21. The molecule has 0 aliphatic carbocycles. The van der Waals surface area contributed by atoms with E-state index in [4.69, 9.17) is 11.6 Å². The molecule has 2 aromatic rings. The zero-order valence-corrected chi connectivity index (χ0v) is 11.6. The lowest BCUT2D eigenvalue weighted by molar-refractivity contribution is 0.238. The number of alkyl halides is 1. The van der Waals surface area contributed by atoms with Crippen molar-refractivity contribution < 1.29 is 4.79 Å². The number of halogens is 1. The number of fused-ring (bicyclic) bond motifs is 1. The molecule has 0 fully saturated rings. The fourth-order valence-electron chi connectivity index (χ4n) is 2.11. The van der Waals surface area contributed by atoms with Gasteiger partial charge in [0.05, 0.1) is 6.04 Å². The first-order valence-corrected chi connectivity index (χ1v) is 6.84. The van der Waals surface area contributed by atoms with E-state index in [0.717, 1.165) is 10.9 Å². The molecule has 1 atom stereocenters. The first-order valence-electron chi connectivity index (χ1n) is 6.30. The molecule has 0 aliphatic rings. The number of benzene rings is 2. The predicted octanol–water partition coefficient (Wildman–Crippen LogP) is 3.44. The summed E-state index contributed by atoms with van der Waals surface area (Å²) in [5.74, 6) is 0.413. The molecule has 0 spiro atoms. The Hall–Kier alpha value is -1.74. The average molecular weight is 277 g/mol. The number of amides is 2. The highest BCUT2D eigenvalue weighted by atomic mass is 35.5. The van der Waals surface area contributed by atoms with Crippen molar-refractivity contribution in [2.75, 3.05) is 12.4 Å². The van der Waals surface area contributed by atoms with Crippen molar-refractivity contribution >= 4 is 28.4 Å². The number of urea groups is 1. The van der Waals surface area contributed by atoms with Crippen LogP contribution in [-0.2, 0) is 0 Å². The lowest BCUT2D eigenvalue weighted by atomic mass is 10.00. The van der Waals surface area contributed by atoms with Crippen LogP contribution in [0.4, 0.5) is 4.79 Å². The molecule has 0 aliphatic heterocycles. The summed E-state index contributed by atoms with van der Waals surface area (Å²) < 4.78 is 0. The average Bonchev–Trinajstić information content (AvgIpc) is 2.44. The summed E-state index contributed by atoms with van der Waals surface area (Å²) in [6, 6.07) is 14.0. The van der Waals surface area contributed by atoms with Gasteiger partial charge in [-0.3, -0.25) is 0 Å². The van der Waals surface area contributed by atoms with E-state index in [-0.39, 0.29) is 12.1 Å². The Morgan fingerprint density at radius 2 is 1.95 bits per heavy atom. The molecule has 2 aromatic carbocycles. The van der Waals surface area contributed by atoms with Gasteiger partial charge in [-0.15, -0.1) is 11.6 Å². The van der Waals surface area contributed by atoms with E-state index in [1.54, 1.807) is 0 Å². The Morgan fingerprint density at radius 1 is 1.21 bits per heavy atom. The highest BCUT2D eigenvalue weighted by Crippen LogP contribution is 2.23. The Labute approximate surface area is 118 Å². The number of carbonyl (C=O) groups is 1. The lowest BCUT2D eigenvalue weighted by Gasteiger charge is -2.17. The number of hydrogen-bond acceptors (Lipinski definition) is 1. The van der Waals surface area contributed by atoms with Gasteiger partial charge in [-0.05, 0) is 23.3 Å². The second-order valence-electron chi connectivity index (χ2n) is 4.38. The molecule has 0 saturated heterocycles. The highest BCUT2D eigenvalue weighted by molar-refractivity contribution is 6.18. The molecule has 100 valence electrons. The Morgan fingerprint density at radius 3 is 2.74 bits per heavy atom. The number of nitrogens with one attached hydrogen (secondary N) is 2. The first kappa shape index (κ1) is 13.7. The van der Waals surface area contributed by atoms with Gasteiger partial charge in [-0.2, -0.15) is 0 Å². The van der Waals surface area contributed by atoms with Gasteiger partial charge in [0.15, 0.2) is 0 Å². The maximum atomic E-state index is 11.6. The summed E-state index contributed by atoms with van der Waals surface area (Å²) >= 11 is 5.53. The minimum absolute atomic E-state index is 0.0542. The van der Waals surface area contributed by atoms with E-state index in [1.165, 1.54) is 5.39 Å². The fourth-order valence-corrected chi connectivity index (χ4v) is 2.21. The minimum atomic E-state index is -0.193. The van der Waals surface area contributed by atoms with E-state index in [1.807, 2.05) is 31.2 Å². The fraction of sp³-hybridized carbons (Fsp3) is 0.267. The minimum Gasteiger partial charge on any atom is -0.337 e. The van der Waals surface area contributed by atoms with Crippen molar-refractivity contribution in [2.45, 2.75) is 13.0 Å². The zero-order chi connectivity index (χ0) is 13.7. The van der Waals surface area contributed by atoms with Crippen LogP contribution in [0.15, 0.2) is 42.5 Å². The molecule has 0 heterocycles. The van der Waals surface area contributed by atoms with Crippen LogP contribution in [0.5, 0.6) is 0 Å². The standard InChI is InChI=1S/C15H17ClN2O/c1-11(18-15(19)17-10-9-16)13-8-4-6-12-5-2-3-7-14(12)13/h2-8,11H,9-10H2,1H3,(H2,17,18,19)/t11-/m0/s1. The Bertz CT molecular complexity index is 566.